The van der Waals surface area contributed by atoms with Gasteiger partial charge in [0.05, 0.1) is 10.3 Å². The highest BCUT2D eigenvalue weighted by Crippen LogP contribution is 2.21. The standard InChI is InChI=1S/C13H16BrN3OS/c1-8(2)5-9-6-11(17-16-9)13(18)15-7-10-3-4-12(14)19-10/h3-4,6,8H,5,7H2,1-2H3,(H,15,18)(H,16,17). The number of carbonyl (C=O) groups is 1. The molecule has 2 N–H and O–H groups in total. The lowest BCUT2D eigenvalue weighted by Crippen LogP contribution is -2.22. The molecule has 0 aliphatic heterocycles. The number of aromatic nitrogens is 2. The van der Waals surface area contributed by atoms with Crippen molar-refractivity contribution in [1.82, 2.24) is 15.5 Å². The molecule has 0 radical (unpaired) electrons. The van der Waals surface area contributed by atoms with Crippen LogP contribution in [0.4, 0.5) is 0 Å². The summed E-state index contributed by atoms with van der Waals surface area (Å²) in [6, 6.07) is 5.78. The number of aromatic amines is 1. The zero-order valence-electron chi connectivity index (χ0n) is 10.9. The van der Waals surface area contributed by atoms with E-state index in [1.54, 1.807) is 11.3 Å². The van der Waals surface area contributed by atoms with Gasteiger partial charge >= 0.3 is 0 Å². The Labute approximate surface area is 124 Å². The largest absolute Gasteiger partial charge is 0.346 e. The summed E-state index contributed by atoms with van der Waals surface area (Å²) < 4.78 is 1.07. The van der Waals surface area contributed by atoms with Crippen LogP contribution in [-0.4, -0.2) is 16.1 Å². The molecule has 2 aromatic heterocycles. The fraction of sp³-hybridized carbons (Fsp3) is 0.385. The van der Waals surface area contributed by atoms with Crippen LogP contribution in [-0.2, 0) is 13.0 Å². The molecule has 0 aromatic carbocycles. The van der Waals surface area contributed by atoms with Gasteiger partial charge in [-0.1, -0.05) is 13.8 Å². The fourth-order valence-electron chi connectivity index (χ4n) is 1.73. The third kappa shape index (κ3) is 4.18. The summed E-state index contributed by atoms with van der Waals surface area (Å²) >= 11 is 5.01. The summed E-state index contributed by atoms with van der Waals surface area (Å²) in [5.41, 5.74) is 1.45. The lowest BCUT2D eigenvalue weighted by atomic mass is 10.1. The van der Waals surface area contributed by atoms with Crippen LogP contribution in [0.2, 0.25) is 0 Å². The van der Waals surface area contributed by atoms with Gasteiger partial charge < -0.3 is 5.32 Å². The molecule has 19 heavy (non-hydrogen) atoms. The molecule has 0 aliphatic rings. The molecule has 0 saturated heterocycles. The molecule has 0 fully saturated rings. The third-order valence-corrected chi connectivity index (χ3v) is 4.17. The lowest BCUT2D eigenvalue weighted by Gasteiger charge is -2.00. The third-order valence-electron chi connectivity index (χ3n) is 2.54. The molecule has 0 spiro atoms. The number of amides is 1. The maximum absolute atomic E-state index is 11.9. The summed E-state index contributed by atoms with van der Waals surface area (Å²) in [7, 11) is 0. The first-order chi connectivity index (χ1) is 9.04. The Bertz CT molecular complexity index is 562. The molecule has 2 rings (SSSR count). The van der Waals surface area contributed by atoms with Gasteiger partial charge in [-0.15, -0.1) is 11.3 Å². The van der Waals surface area contributed by atoms with Crippen LogP contribution in [0.1, 0.15) is 34.9 Å². The Balaban J connectivity index is 1.90. The van der Waals surface area contributed by atoms with E-state index in [0.717, 1.165) is 20.8 Å². The molecular formula is C13H16BrN3OS. The summed E-state index contributed by atoms with van der Waals surface area (Å²) in [6.45, 7) is 4.80. The Kier molecular flexibility index (Phi) is 4.76. The quantitative estimate of drug-likeness (QED) is 0.875. The van der Waals surface area contributed by atoms with Crippen LogP contribution in [0.25, 0.3) is 0 Å². The molecule has 0 unspecified atom stereocenters. The average molecular weight is 342 g/mol. The molecule has 102 valence electrons. The van der Waals surface area contributed by atoms with E-state index in [9.17, 15) is 4.79 Å². The van der Waals surface area contributed by atoms with E-state index in [1.165, 1.54) is 0 Å². The van der Waals surface area contributed by atoms with Crippen molar-refractivity contribution in [2.75, 3.05) is 0 Å². The second-order valence-corrected chi connectivity index (χ2v) is 7.31. The molecule has 2 heterocycles. The van der Waals surface area contributed by atoms with Gasteiger partial charge in [-0.05, 0) is 46.5 Å². The summed E-state index contributed by atoms with van der Waals surface area (Å²) in [5.74, 6) is 0.399. The van der Waals surface area contributed by atoms with Crippen LogP contribution >= 0.6 is 27.3 Å². The number of thiophene rings is 1. The first-order valence-electron chi connectivity index (χ1n) is 6.11. The number of H-pyrrole nitrogens is 1. The van der Waals surface area contributed by atoms with Crippen molar-refractivity contribution in [3.63, 3.8) is 0 Å². The minimum Gasteiger partial charge on any atom is -0.346 e. The van der Waals surface area contributed by atoms with Crippen molar-refractivity contribution < 1.29 is 4.79 Å². The normalized spacial score (nSPS) is 10.9. The number of hydrogen-bond donors (Lipinski definition) is 2. The molecular weight excluding hydrogens is 326 g/mol. The molecule has 1 amide bonds. The van der Waals surface area contributed by atoms with E-state index in [0.29, 0.717) is 18.2 Å². The lowest BCUT2D eigenvalue weighted by molar-refractivity contribution is 0.0946. The van der Waals surface area contributed by atoms with Gasteiger partial charge in [0, 0.05) is 10.6 Å². The number of carbonyl (C=O) groups excluding carboxylic acids is 1. The highest BCUT2D eigenvalue weighted by atomic mass is 79.9. The predicted molar refractivity (Wildman–Crippen MR) is 80.3 cm³/mol. The van der Waals surface area contributed by atoms with E-state index in [1.807, 2.05) is 18.2 Å². The Morgan fingerprint density at radius 2 is 2.32 bits per heavy atom. The van der Waals surface area contributed by atoms with Gasteiger partial charge in [-0.25, -0.2) is 0 Å². The number of rotatable bonds is 5. The van der Waals surface area contributed by atoms with E-state index in [2.05, 4.69) is 45.3 Å². The van der Waals surface area contributed by atoms with E-state index in [-0.39, 0.29) is 5.91 Å². The maximum atomic E-state index is 11.9. The van der Waals surface area contributed by atoms with Crippen LogP contribution in [0.5, 0.6) is 0 Å². The van der Waals surface area contributed by atoms with Crippen LogP contribution in [0.3, 0.4) is 0 Å². The second-order valence-electron chi connectivity index (χ2n) is 4.76. The van der Waals surface area contributed by atoms with E-state index < -0.39 is 0 Å². The van der Waals surface area contributed by atoms with Gasteiger partial charge in [0.25, 0.3) is 5.91 Å². The van der Waals surface area contributed by atoms with Crippen molar-refractivity contribution >= 4 is 33.2 Å². The van der Waals surface area contributed by atoms with Gasteiger partial charge in [-0.2, -0.15) is 5.10 Å². The van der Waals surface area contributed by atoms with Crippen LogP contribution < -0.4 is 5.32 Å². The molecule has 6 heteroatoms. The van der Waals surface area contributed by atoms with Gasteiger partial charge in [-0.3, -0.25) is 9.89 Å². The highest BCUT2D eigenvalue weighted by Gasteiger charge is 2.11. The number of hydrogen-bond acceptors (Lipinski definition) is 3. The first kappa shape index (κ1) is 14.3. The number of halogens is 1. The van der Waals surface area contributed by atoms with Crippen LogP contribution in [0, 0.1) is 5.92 Å². The van der Waals surface area contributed by atoms with E-state index >= 15 is 0 Å². The minimum absolute atomic E-state index is 0.143. The molecule has 0 atom stereocenters. The van der Waals surface area contributed by atoms with Crippen molar-refractivity contribution in [1.29, 1.82) is 0 Å². The monoisotopic (exact) mass is 341 g/mol. The Hall–Kier alpha value is -1.14. The van der Waals surface area contributed by atoms with Crippen molar-refractivity contribution in [3.8, 4) is 0 Å². The van der Waals surface area contributed by atoms with Crippen molar-refractivity contribution in [3.05, 3.63) is 38.3 Å². The predicted octanol–water partition coefficient (Wildman–Crippen LogP) is 3.36. The van der Waals surface area contributed by atoms with Gasteiger partial charge in [0.1, 0.15) is 5.69 Å². The Morgan fingerprint density at radius 3 is 2.95 bits per heavy atom. The average Bonchev–Trinajstić information content (AvgIpc) is 2.95. The van der Waals surface area contributed by atoms with E-state index in [4.69, 9.17) is 0 Å². The molecule has 0 saturated carbocycles. The number of nitrogens with one attached hydrogen (secondary N) is 2. The molecule has 0 bridgehead atoms. The highest BCUT2D eigenvalue weighted by molar-refractivity contribution is 9.11. The zero-order valence-corrected chi connectivity index (χ0v) is 13.3. The van der Waals surface area contributed by atoms with Gasteiger partial charge in [0.2, 0.25) is 0 Å². The zero-order chi connectivity index (χ0) is 13.8. The summed E-state index contributed by atoms with van der Waals surface area (Å²) in [4.78, 5) is 13.0. The molecule has 4 nitrogen and oxygen atoms in total. The van der Waals surface area contributed by atoms with Crippen molar-refractivity contribution in [2.45, 2.75) is 26.8 Å². The Morgan fingerprint density at radius 1 is 1.53 bits per heavy atom. The number of nitrogens with zero attached hydrogens (tertiary/aromatic N) is 1. The SMILES string of the molecule is CC(C)Cc1cc(C(=O)NCc2ccc(Br)s2)n[nH]1. The topological polar surface area (TPSA) is 57.8 Å². The van der Waals surface area contributed by atoms with Crippen LogP contribution in [0.15, 0.2) is 22.0 Å². The second kappa shape index (κ2) is 6.34. The minimum atomic E-state index is -0.143. The molecule has 0 aliphatic carbocycles. The maximum Gasteiger partial charge on any atom is 0.272 e. The summed E-state index contributed by atoms with van der Waals surface area (Å²) in [5, 5.41) is 9.81. The molecule has 2 aromatic rings. The first-order valence-corrected chi connectivity index (χ1v) is 7.72. The smallest absolute Gasteiger partial charge is 0.272 e. The van der Waals surface area contributed by atoms with Crippen molar-refractivity contribution in [2.24, 2.45) is 5.92 Å². The van der Waals surface area contributed by atoms with Gasteiger partial charge in [0.15, 0.2) is 0 Å². The fourth-order valence-corrected chi connectivity index (χ4v) is 3.15. The summed E-state index contributed by atoms with van der Waals surface area (Å²) in [6.07, 6.45) is 0.901.